The fourth-order valence-corrected chi connectivity index (χ4v) is 2.51. The summed E-state index contributed by atoms with van der Waals surface area (Å²) in [7, 11) is 0. The van der Waals surface area contributed by atoms with Gasteiger partial charge in [-0.05, 0) is 24.2 Å². The van der Waals surface area contributed by atoms with Gasteiger partial charge in [-0.2, -0.15) is 0 Å². The van der Waals surface area contributed by atoms with E-state index in [1.165, 1.54) is 44.9 Å². The molecular formula is C15H32. The van der Waals surface area contributed by atoms with Crippen molar-refractivity contribution in [1.82, 2.24) is 0 Å². The van der Waals surface area contributed by atoms with E-state index in [2.05, 4.69) is 34.6 Å². The van der Waals surface area contributed by atoms with Gasteiger partial charge >= 0.3 is 0 Å². The van der Waals surface area contributed by atoms with E-state index < -0.39 is 0 Å². The van der Waals surface area contributed by atoms with Gasteiger partial charge in [0.2, 0.25) is 0 Å². The molecule has 0 radical (unpaired) electrons. The summed E-state index contributed by atoms with van der Waals surface area (Å²) in [4.78, 5) is 0. The molecule has 2 unspecified atom stereocenters. The van der Waals surface area contributed by atoms with Crippen molar-refractivity contribution < 1.29 is 0 Å². The molecule has 0 fully saturated rings. The third kappa shape index (κ3) is 7.88. The van der Waals surface area contributed by atoms with Crippen LogP contribution in [0, 0.1) is 17.8 Å². The first-order valence-electron chi connectivity index (χ1n) is 7.11. The Morgan fingerprint density at radius 1 is 0.800 bits per heavy atom. The SMILES string of the molecule is CCCCCC(CC(C)CCC)C(C)C. The van der Waals surface area contributed by atoms with Gasteiger partial charge in [0.25, 0.3) is 0 Å². The zero-order chi connectivity index (χ0) is 11.7. The lowest BCUT2D eigenvalue weighted by molar-refractivity contribution is 0.274. The second-order valence-corrected chi connectivity index (χ2v) is 5.63. The Balaban J connectivity index is 3.82. The van der Waals surface area contributed by atoms with Crippen LogP contribution in [0.15, 0.2) is 0 Å². The quantitative estimate of drug-likeness (QED) is 0.432. The molecule has 0 nitrogen and oxygen atoms in total. The van der Waals surface area contributed by atoms with Crippen molar-refractivity contribution in [3.8, 4) is 0 Å². The number of rotatable bonds is 9. The lowest BCUT2D eigenvalue weighted by Gasteiger charge is -2.24. The van der Waals surface area contributed by atoms with E-state index in [0.29, 0.717) is 0 Å². The molecule has 0 rings (SSSR count). The summed E-state index contributed by atoms with van der Waals surface area (Å²) in [6.45, 7) is 11.8. The van der Waals surface area contributed by atoms with Crippen LogP contribution in [0.5, 0.6) is 0 Å². The third-order valence-corrected chi connectivity index (χ3v) is 3.61. The van der Waals surface area contributed by atoms with Crippen molar-refractivity contribution in [2.24, 2.45) is 17.8 Å². The molecule has 0 saturated carbocycles. The fourth-order valence-electron chi connectivity index (χ4n) is 2.51. The van der Waals surface area contributed by atoms with Gasteiger partial charge in [0.15, 0.2) is 0 Å². The maximum Gasteiger partial charge on any atom is -0.0389 e. The molecule has 0 aliphatic heterocycles. The van der Waals surface area contributed by atoms with Crippen LogP contribution in [0.25, 0.3) is 0 Å². The highest BCUT2D eigenvalue weighted by Crippen LogP contribution is 2.27. The zero-order valence-electron chi connectivity index (χ0n) is 11.7. The average molecular weight is 212 g/mol. The molecular weight excluding hydrogens is 180 g/mol. The van der Waals surface area contributed by atoms with Crippen LogP contribution in [0.1, 0.15) is 79.6 Å². The van der Waals surface area contributed by atoms with Crippen molar-refractivity contribution >= 4 is 0 Å². The van der Waals surface area contributed by atoms with E-state index in [1.807, 2.05) is 0 Å². The monoisotopic (exact) mass is 212 g/mol. The molecule has 0 aliphatic carbocycles. The molecule has 0 bridgehead atoms. The second-order valence-electron chi connectivity index (χ2n) is 5.63. The average Bonchev–Trinajstić information content (AvgIpc) is 2.16. The molecule has 0 spiro atoms. The normalized spacial score (nSPS) is 15.6. The highest BCUT2D eigenvalue weighted by atomic mass is 14.2. The predicted molar refractivity (Wildman–Crippen MR) is 71.2 cm³/mol. The smallest absolute Gasteiger partial charge is 0.0389 e. The standard InChI is InChI=1S/C15H32/c1-6-8-9-11-15(13(3)4)12-14(5)10-7-2/h13-15H,6-12H2,1-5H3. The van der Waals surface area contributed by atoms with Crippen LogP contribution in [-0.2, 0) is 0 Å². The van der Waals surface area contributed by atoms with Crippen molar-refractivity contribution in [3.63, 3.8) is 0 Å². The summed E-state index contributed by atoms with van der Waals surface area (Å²) in [5, 5.41) is 0. The molecule has 0 amide bonds. The van der Waals surface area contributed by atoms with Crippen molar-refractivity contribution in [3.05, 3.63) is 0 Å². The minimum Gasteiger partial charge on any atom is -0.0654 e. The maximum absolute atomic E-state index is 2.43. The number of hydrogen-bond acceptors (Lipinski definition) is 0. The Bertz CT molecular complexity index is 126. The second kappa shape index (κ2) is 9.24. The van der Waals surface area contributed by atoms with E-state index in [4.69, 9.17) is 0 Å². The molecule has 0 heteroatoms. The first-order chi connectivity index (χ1) is 7.11. The van der Waals surface area contributed by atoms with Crippen LogP contribution in [0.3, 0.4) is 0 Å². The van der Waals surface area contributed by atoms with Crippen LogP contribution in [0.2, 0.25) is 0 Å². The van der Waals surface area contributed by atoms with Crippen molar-refractivity contribution in [1.29, 1.82) is 0 Å². The van der Waals surface area contributed by atoms with Gasteiger partial charge in [0.1, 0.15) is 0 Å². The molecule has 0 aromatic rings. The molecule has 0 heterocycles. The van der Waals surface area contributed by atoms with Crippen molar-refractivity contribution in [2.75, 3.05) is 0 Å². The summed E-state index contributed by atoms with van der Waals surface area (Å²) in [6.07, 6.45) is 9.89. The lowest BCUT2D eigenvalue weighted by atomic mass is 9.82. The van der Waals surface area contributed by atoms with Gasteiger partial charge in [-0.1, -0.05) is 73.1 Å². The van der Waals surface area contributed by atoms with Gasteiger partial charge in [0, 0.05) is 0 Å². The maximum atomic E-state index is 2.43. The fraction of sp³-hybridized carbons (Fsp3) is 1.00. The Hall–Kier alpha value is 0. The molecule has 0 aromatic carbocycles. The summed E-state index contributed by atoms with van der Waals surface area (Å²) < 4.78 is 0. The molecule has 0 aliphatic rings. The first kappa shape index (κ1) is 15.0. The van der Waals surface area contributed by atoms with E-state index >= 15 is 0 Å². The molecule has 0 saturated heterocycles. The Morgan fingerprint density at radius 2 is 1.47 bits per heavy atom. The van der Waals surface area contributed by atoms with E-state index in [-0.39, 0.29) is 0 Å². The lowest BCUT2D eigenvalue weighted by Crippen LogP contribution is -2.13. The molecule has 0 aromatic heterocycles. The van der Waals surface area contributed by atoms with Crippen LogP contribution >= 0.6 is 0 Å². The molecule has 2 atom stereocenters. The van der Waals surface area contributed by atoms with E-state index in [0.717, 1.165) is 17.8 Å². The van der Waals surface area contributed by atoms with Crippen molar-refractivity contribution in [2.45, 2.75) is 79.6 Å². The molecule has 92 valence electrons. The summed E-state index contributed by atoms with van der Waals surface area (Å²) in [5.41, 5.74) is 0. The molecule has 0 N–H and O–H groups in total. The topological polar surface area (TPSA) is 0 Å². The third-order valence-electron chi connectivity index (χ3n) is 3.61. The Kier molecular flexibility index (Phi) is 9.24. The largest absolute Gasteiger partial charge is 0.0654 e. The number of hydrogen-bond donors (Lipinski definition) is 0. The van der Waals surface area contributed by atoms with E-state index in [9.17, 15) is 0 Å². The highest BCUT2D eigenvalue weighted by molar-refractivity contribution is 4.67. The zero-order valence-corrected chi connectivity index (χ0v) is 11.7. The Morgan fingerprint density at radius 3 is 1.93 bits per heavy atom. The van der Waals surface area contributed by atoms with Gasteiger partial charge < -0.3 is 0 Å². The van der Waals surface area contributed by atoms with Gasteiger partial charge in [-0.3, -0.25) is 0 Å². The number of unbranched alkanes of at least 4 members (excludes halogenated alkanes) is 2. The summed E-state index contributed by atoms with van der Waals surface area (Å²) >= 11 is 0. The summed E-state index contributed by atoms with van der Waals surface area (Å²) in [5.74, 6) is 2.78. The van der Waals surface area contributed by atoms with Crippen LogP contribution in [0.4, 0.5) is 0 Å². The molecule has 15 heavy (non-hydrogen) atoms. The first-order valence-corrected chi connectivity index (χ1v) is 7.11. The minimum absolute atomic E-state index is 0.876. The van der Waals surface area contributed by atoms with E-state index in [1.54, 1.807) is 0 Å². The summed E-state index contributed by atoms with van der Waals surface area (Å²) in [6, 6.07) is 0. The van der Waals surface area contributed by atoms with Gasteiger partial charge in [-0.15, -0.1) is 0 Å². The van der Waals surface area contributed by atoms with Crippen LogP contribution < -0.4 is 0 Å². The Labute approximate surface area is 97.8 Å². The van der Waals surface area contributed by atoms with Gasteiger partial charge in [0.05, 0.1) is 0 Å². The predicted octanol–water partition coefficient (Wildman–Crippen LogP) is 5.67. The minimum atomic E-state index is 0.876. The van der Waals surface area contributed by atoms with Gasteiger partial charge in [-0.25, -0.2) is 0 Å². The highest BCUT2D eigenvalue weighted by Gasteiger charge is 2.15. The van der Waals surface area contributed by atoms with Crippen LogP contribution in [-0.4, -0.2) is 0 Å².